The van der Waals surface area contributed by atoms with E-state index in [0.29, 0.717) is 31.3 Å². The quantitative estimate of drug-likeness (QED) is 0.888. The zero-order chi connectivity index (χ0) is 15.6. The Bertz CT molecular complexity index is 528. The Labute approximate surface area is 125 Å². The van der Waals surface area contributed by atoms with Crippen LogP contribution in [0.1, 0.15) is 38.8 Å². The third-order valence-electron chi connectivity index (χ3n) is 3.84. The van der Waals surface area contributed by atoms with E-state index in [4.69, 9.17) is 20.9 Å². The zero-order valence-electron chi connectivity index (χ0n) is 12.9. The molecule has 1 aromatic rings. The maximum absolute atomic E-state index is 11.4. The molecule has 1 aliphatic rings. The molecular formula is C16H24N2O3. The number of nitrogens with two attached hydrogens (primary N) is 2. The highest BCUT2D eigenvalue weighted by molar-refractivity contribution is 5.79. The molecule has 2 unspecified atom stereocenters. The van der Waals surface area contributed by atoms with Gasteiger partial charge in [0, 0.05) is 17.4 Å². The molecule has 116 valence electrons. The molecule has 0 saturated carbocycles. The molecule has 2 atom stereocenters. The molecule has 1 aromatic carbocycles. The number of amides is 1. The molecule has 21 heavy (non-hydrogen) atoms. The lowest BCUT2D eigenvalue weighted by Crippen LogP contribution is -2.34. The number of carbonyl (C=O) groups excluding carboxylic acids is 1. The molecular weight excluding hydrogens is 268 g/mol. The van der Waals surface area contributed by atoms with Gasteiger partial charge >= 0.3 is 0 Å². The van der Waals surface area contributed by atoms with Crippen LogP contribution in [0.2, 0.25) is 0 Å². The topological polar surface area (TPSA) is 87.6 Å². The van der Waals surface area contributed by atoms with E-state index < -0.39 is 5.41 Å². The third kappa shape index (κ3) is 3.67. The molecule has 5 nitrogen and oxygen atoms in total. The van der Waals surface area contributed by atoms with Gasteiger partial charge < -0.3 is 20.9 Å². The van der Waals surface area contributed by atoms with E-state index in [-0.39, 0.29) is 11.9 Å². The summed E-state index contributed by atoms with van der Waals surface area (Å²) < 4.78 is 11.5. The van der Waals surface area contributed by atoms with Crippen LogP contribution in [0.3, 0.4) is 0 Å². The summed E-state index contributed by atoms with van der Waals surface area (Å²) in [4.78, 5) is 11.4. The van der Waals surface area contributed by atoms with Crippen LogP contribution in [-0.2, 0) is 4.79 Å². The van der Waals surface area contributed by atoms with Crippen LogP contribution in [0.25, 0.3) is 0 Å². The van der Waals surface area contributed by atoms with Crippen LogP contribution in [0.15, 0.2) is 18.2 Å². The summed E-state index contributed by atoms with van der Waals surface area (Å²) in [7, 11) is 0. The van der Waals surface area contributed by atoms with Crippen molar-refractivity contribution in [2.45, 2.75) is 33.2 Å². The lowest BCUT2D eigenvalue weighted by molar-refractivity contribution is -0.126. The van der Waals surface area contributed by atoms with Gasteiger partial charge in [-0.3, -0.25) is 4.79 Å². The van der Waals surface area contributed by atoms with Gasteiger partial charge in [-0.05, 0) is 24.1 Å². The van der Waals surface area contributed by atoms with E-state index in [9.17, 15) is 4.79 Å². The molecule has 4 N–H and O–H groups in total. The molecule has 2 rings (SSSR count). The van der Waals surface area contributed by atoms with Crippen LogP contribution in [0, 0.1) is 11.3 Å². The Morgan fingerprint density at radius 3 is 2.57 bits per heavy atom. The first-order valence-corrected chi connectivity index (χ1v) is 7.24. The number of hydrogen-bond donors (Lipinski definition) is 2. The van der Waals surface area contributed by atoms with Gasteiger partial charge in [0.25, 0.3) is 0 Å². The van der Waals surface area contributed by atoms with Crippen LogP contribution in [0.5, 0.6) is 11.5 Å². The van der Waals surface area contributed by atoms with E-state index in [1.54, 1.807) is 13.8 Å². The molecule has 1 aliphatic heterocycles. The SMILES string of the molecule is CC1COc2ccc(C(N)CC(C)(C)C(N)=O)cc2OC1. The third-order valence-corrected chi connectivity index (χ3v) is 3.84. The first kappa shape index (κ1) is 15.6. The summed E-state index contributed by atoms with van der Waals surface area (Å²) in [5.41, 5.74) is 11.9. The largest absolute Gasteiger partial charge is 0.489 e. The van der Waals surface area contributed by atoms with Crippen molar-refractivity contribution in [2.24, 2.45) is 22.8 Å². The second-order valence-corrected chi connectivity index (χ2v) is 6.49. The first-order valence-electron chi connectivity index (χ1n) is 7.24. The summed E-state index contributed by atoms with van der Waals surface area (Å²) in [5, 5.41) is 0. The zero-order valence-corrected chi connectivity index (χ0v) is 12.9. The predicted octanol–water partition coefficient (Wildman–Crippen LogP) is 2.00. The smallest absolute Gasteiger partial charge is 0.223 e. The van der Waals surface area contributed by atoms with Gasteiger partial charge in [0.15, 0.2) is 11.5 Å². The van der Waals surface area contributed by atoms with Gasteiger partial charge in [-0.25, -0.2) is 0 Å². The fraction of sp³-hybridized carbons (Fsp3) is 0.562. The average Bonchev–Trinajstić information content (AvgIpc) is 2.60. The number of fused-ring (bicyclic) bond motifs is 1. The summed E-state index contributed by atoms with van der Waals surface area (Å²) >= 11 is 0. The van der Waals surface area contributed by atoms with Gasteiger partial charge in [-0.1, -0.05) is 26.8 Å². The Kier molecular flexibility index (Phi) is 4.42. The van der Waals surface area contributed by atoms with Crippen molar-refractivity contribution in [1.82, 2.24) is 0 Å². The molecule has 0 fully saturated rings. The Hall–Kier alpha value is -1.75. The van der Waals surface area contributed by atoms with Crippen molar-refractivity contribution in [2.75, 3.05) is 13.2 Å². The average molecular weight is 292 g/mol. The molecule has 0 spiro atoms. The minimum Gasteiger partial charge on any atom is -0.489 e. The fourth-order valence-electron chi connectivity index (χ4n) is 2.27. The van der Waals surface area contributed by atoms with Crippen LogP contribution >= 0.6 is 0 Å². The first-order chi connectivity index (χ1) is 9.79. The van der Waals surface area contributed by atoms with Gasteiger partial charge in [0.1, 0.15) is 0 Å². The van der Waals surface area contributed by atoms with Crippen LogP contribution in [-0.4, -0.2) is 19.1 Å². The summed E-state index contributed by atoms with van der Waals surface area (Å²) in [6, 6.07) is 5.41. The highest BCUT2D eigenvalue weighted by atomic mass is 16.5. The van der Waals surface area contributed by atoms with Gasteiger partial charge in [-0.2, -0.15) is 0 Å². The van der Waals surface area contributed by atoms with Crippen molar-refractivity contribution >= 4 is 5.91 Å². The summed E-state index contributed by atoms with van der Waals surface area (Å²) in [5.74, 6) is 1.46. The van der Waals surface area contributed by atoms with Gasteiger partial charge in [-0.15, -0.1) is 0 Å². The lowest BCUT2D eigenvalue weighted by atomic mass is 9.83. The molecule has 5 heteroatoms. The maximum atomic E-state index is 11.4. The standard InChI is InChI=1S/C16H24N2O3/c1-10-8-20-13-5-4-11(6-14(13)21-9-10)12(17)7-16(2,3)15(18)19/h4-6,10,12H,7-9,17H2,1-3H3,(H2,18,19). The number of benzene rings is 1. The van der Waals surface area contributed by atoms with Crippen molar-refractivity contribution in [3.63, 3.8) is 0 Å². The number of primary amides is 1. The summed E-state index contributed by atoms with van der Waals surface area (Å²) in [6.07, 6.45) is 0.485. The second-order valence-electron chi connectivity index (χ2n) is 6.49. The van der Waals surface area contributed by atoms with E-state index in [0.717, 1.165) is 11.3 Å². The maximum Gasteiger partial charge on any atom is 0.223 e. The molecule has 0 bridgehead atoms. The highest BCUT2D eigenvalue weighted by Gasteiger charge is 2.28. The van der Waals surface area contributed by atoms with Crippen molar-refractivity contribution in [1.29, 1.82) is 0 Å². The minimum absolute atomic E-state index is 0.276. The number of hydrogen-bond acceptors (Lipinski definition) is 4. The highest BCUT2D eigenvalue weighted by Crippen LogP contribution is 2.35. The van der Waals surface area contributed by atoms with Crippen LogP contribution < -0.4 is 20.9 Å². The Morgan fingerprint density at radius 2 is 1.95 bits per heavy atom. The van der Waals surface area contributed by atoms with Crippen molar-refractivity contribution in [3.8, 4) is 11.5 Å². The fourth-order valence-corrected chi connectivity index (χ4v) is 2.27. The minimum atomic E-state index is -0.641. The van der Waals surface area contributed by atoms with Crippen molar-refractivity contribution < 1.29 is 14.3 Å². The van der Waals surface area contributed by atoms with Gasteiger partial charge in [0.05, 0.1) is 13.2 Å². The van der Waals surface area contributed by atoms with E-state index in [2.05, 4.69) is 6.92 Å². The van der Waals surface area contributed by atoms with E-state index in [1.165, 1.54) is 0 Å². The van der Waals surface area contributed by atoms with Crippen molar-refractivity contribution in [3.05, 3.63) is 23.8 Å². The second kappa shape index (κ2) is 5.93. The monoisotopic (exact) mass is 292 g/mol. The molecule has 0 saturated heterocycles. The summed E-state index contributed by atoms with van der Waals surface area (Å²) in [6.45, 7) is 6.96. The Morgan fingerprint density at radius 1 is 1.33 bits per heavy atom. The predicted molar refractivity (Wildman–Crippen MR) is 81.1 cm³/mol. The normalized spacial score (nSPS) is 19.7. The molecule has 1 amide bonds. The number of rotatable bonds is 4. The Balaban J connectivity index is 2.16. The van der Waals surface area contributed by atoms with Gasteiger partial charge in [0.2, 0.25) is 5.91 Å². The number of carbonyl (C=O) groups is 1. The van der Waals surface area contributed by atoms with Crippen LogP contribution in [0.4, 0.5) is 0 Å². The van der Waals surface area contributed by atoms with E-state index in [1.807, 2.05) is 18.2 Å². The number of ether oxygens (including phenoxy) is 2. The molecule has 1 heterocycles. The van der Waals surface area contributed by atoms with E-state index >= 15 is 0 Å². The lowest BCUT2D eigenvalue weighted by Gasteiger charge is -2.25. The molecule has 0 aromatic heterocycles. The molecule has 0 aliphatic carbocycles. The molecule has 0 radical (unpaired) electrons.